The first-order valence-corrected chi connectivity index (χ1v) is 31.2. The summed E-state index contributed by atoms with van der Waals surface area (Å²) in [6.45, 7) is 17.9. The fourth-order valence-corrected chi connectivity index (χ4v) is 14.7. The predicted molar refractivity (Wildman–Crippen MR) is 384 cm³/mol. The Morgan fingerprint density at radius 3 is 1.36 bits per heavy atom. The average Bonchev–Trinajstić information content (AvgIpc) is 1.66. The lowest BCUT2D eigenvalue weighted by Gasteiger charge is -2.48. The van der Waals surface area contributed by atoms with E-state index in [0.717, 1.165) is 72.3 Å². The van der Waals surface area contributed by atoms with Crippen LogP contribution in [0.2, 0.25) is 0 Å². The van der Waals surface area contributed by atoms with Crippen molar-refractivity contribution in [2.24, 2.45) is 0 Å². The van der Waals surface area contributed by atoms with E-state index in [1.54, 1.807) is 4.57 Å². The molecule has 0 saturated heterocycles. The van der Waals surface area contributed by atoms with Crippen molar-refractivity contribution in [1.82, 2.24) is 4.57 Å². The molecule has 0 saturated carbocycles. The summed E-state index contributed by atoms with van der Waals surface area (Å²) in [7, 11) is 0. The van der Waals surface area contributed by atoms with Gasteiger partial charge in [-0.25, -0.2) is 0 Å². The van der Waals surface area contributed by atoms with Crippen molar-refractivity contribution in [3.8, 4) is 61.7 Å². The smallest absolute Gasteiger partial charge is 0.256 e. The van der Waals surface area contributed by atoms with Gasteiger partial charge in [0.1, 0.15) is 11.5 Å². The van der Waals surface area contributed by atoms with E-state index < -0.39 is 43.0 Å². The van der Waals surface area contributed by atoms with E-state index in [-0.39, 0.29) is 75.1 Å². The normalized spacial score (nSPS) is 15.3. The molecule has 0 fully saturated rings. The number of aromatic nitrogens is 1. The molecule has 4 aliphatic heterocycles. The molecule has 0 aliphatic carbocycles. The first-order chi connectivity index (χ1) is 48.2. The van der Waals surface area contributed by atoms with Crippen molar-refractivity contribution < 1.29 is 19.8 Å². The van der Waals surface area contributed by atoms with Crippen molar-refractivity contribution in [3.63, 3.8) is 0 Å². The lowest BCUT2D eigenvalue weighted by molar-refractivity contribution is 0.488. The van der Waals surface area contributed by atoms with E-state index >= 15 is 0 Å². The topological polar surface area (TPSA) is 20.6 Å². The van der Waals surface area contributed by atoms with Gasteiger partial charge in [0.15, 0.2) is 0 Å². The molecule has 5 heterocycles. The maximum Gasteiger partial charge on any atom is 0.256 e. The highest BCUT2D eigenvalue weighted by atomic mass is 16.5. The van der Waals surface area contributed by atoms with Crippen molar-refractivity contribution >= 4 is 102 Å². The molecule has 0 radical (unpaired) electrons. The van der Waals surface area contributed by atoms with Gasteiger partial charge < -0.3 is 19.1 Å². The van der Waals surface area contributed by atoms with Crippen LogP contribution in [0.25, 0.3) is 72.0 Å². The molecule has 90 heavy (non-hydrogen) atoms. The highest BCUT2D eigenvalue weighted by Gasteiger charge is 2.51. The molecular weight excluding hydrogens is 1090 g/mol. The maximum absolute atomic E-state index is 10.8. The average molecular weight is 1170 g/mol. The number of nitrogens with zero attached hydrogens (tertiary/aromatic N) is 3. The van der Waals surface area contributed by atoms with E-state index in [1.165, 1.54) is 0 Å². The Balaban J connectivity index is 1.15. The second-order valence-corrected chi connectivity index (χ2v) is 27.6. The minimum Gasteiger partial charge on any atom is -0.456 e. The zero-order valence-electron chi connectivity index (χ0n) is 62.8. The number of para-hydroxylation sites is 4. The summed E-state index contributed by atoms with van der Waals surface area (Å²) in [5.74, 6) is 0.796. The molecular formula is C84H69B2N3O. The quantitative estimate of drug-likeness (QED) is 0.155. The summed E-state index contributed by atoms with van der Waals surface area (Å²) in [6, 6.07) is 60.5. The number of benzene rings is 12. The van der Waals surface area contributed by atoms with Crippen LogP contribution in [0.5, 0.6) is 11.5 Å². The van der Waals surface area contributed by atoms with Gasteiger partial charge in [0, 0.05) is 61.3 Å². The van der Waals surface area contributed by atoms with Crippen molar-refractivity contribution in [2.45, 2.75) is 78.6 Å². The van der Waals surface area contributed by atoms with Gasteiger partial charge >= 0.3 is 0 Å². The van der Waals surface area contributed by atoms with Gasteiger partial charge in [0.05, 0.1) is 37.7 Å². The van der Waals surface area contributed by atoms with Crippen LogP contribution in [0.1, 0.15) is 94.1 Å². The Morgan fingerprint density at radius 2 is 0.800 bits per heavy atom. The molecule has 1 aromatic heterocycles. The van der Waals surface area contributed by atoms with E-state index in [0.29, 0.717) is 72.8 Å². The summed E-state index contributed by atoms with van der Waals surface area (Å²) in [6.07, 6.45) is 0. The van der Waals surface area contributed by atoms with Crippen LogP contribution in [-0.2, 0) is 16.2 Å². The Kier molecular flexibility index (Phi) is 9.56. The van der Waals surface area contributed by atoms with Crippen LogP contribution in [0.15, 0.2) is 255 Å². The van der Waals surface area contributed by atoms with Gasteiger partial charge in [-0.05, 0) is 149 Å². The lowest BCUT2D eigenvalue weighted by atomic mass is 9.31. The third kappa shape index (κ3) is 8.09. The summed E-state index contributed by atoms with van der Waals surface area (Å²) < 4.78 is 119. The Morgan fingerprint density at radius 1 is 0.356 bits per heavy atom. The molecule has 0 amide bonds. The molecule has 0 N–H and O–H groups in total. The first-order valence-electron chi connectivity index (χ1n) is 36.7. The second kappa shape index (κ2) is 19.7. The molecule has 12 aromatic carbocycles. The number of hydrogen-bond acceptors (Lipinski definition) is 3. The molecule has 432 valence electrons. The van der Waals surface area contributed by atoms with Crippen LogP contribution in [0.4, 0.5) is 34.1 Å². The molecule has 0 unspecified atom stereocenters. The van der Waals surface area contributed by atoms with E-state index in [4.69, 9.17) is 4.74 Å². The summed E-state index contributed by atoms with van der Waals surface area (Å²) >= 11 is 0. The van der Waals surface area contributed by atoms with Crippen LogP contribution in [0.3, 0.4) is 0 Å². The predicted octanol–water partition coefficient (Wildman–Crippen LogP) is 18.4. The van der Waals surface area contributed by atoms with Crippen LogP contribution >= 0.6 is 0 Å². The standard InChI is InChI=1S/C84H69B2N3O/c1-82(2,3)56-45-61(52-29-14-10-15-30-52)77(62(46-56)53-31-16-11-17-32-53)88-70-43-26-23-39-65(70)85-68-51-73-76-81(90-74-44-27-24-40-66(74)86(76)67-41-28-38-60-59-37-22-25-42-69(59)87(73)79(60)67)80(68)89(72-50-58(84(7,8)9)49-71(88)75(72)85)78-63(54-33-18-12-19-34-54)47-57(83(4,5)6)48-64(78)55-35-20-13-21-36-55/h10-51H,1-9H3/i22D,23D,25D,26D,28D,37D,38D,39D,41D,42D,43D. The largest absolute Gasteiger partial charge is 0.456 e. The van der Waals surface area contributed by atoms with Crippen molar-refractivity contribution in [3.05, 3.63) is 271 Å². The molecule has 17 rings (SSSR count). The Hall–Kier alpha value is -10.0. The molecule has 0 bridgehead atoms. The summed E-state index contributed by atoms with van der Waals surface area (Å²) in [4.78, 5) is 4.49. The van der Waals surface area contributed by atoms with Gasteiger partial charge in [0.2, 0.25) is 0 Å². The summed E-state index contributed by atoms with van der Waals surface area (Å²) in [5.41, 5.74) is 16.4. The zero-order chi connectivity index (χ0) is 70.7. The second-order valence-electron chi connectivity index (χ2n) is 27.6. The molecule has 4 aliphatic rings. The monoisotopic (exact) mass is 1170 g/mol. The van der Waals surface area contributed by atoms with Gasteiger partial charge in [0.25, 0.3) is 13.4 Å². The first kappa shape index (κ1) is 43.6. The van der Waals surface area contributed by atoms with Crippen molar-refractivity contribution in [2.75, 3.05) is 9.80 Å². The van der Waals surface area contributed by atoms with E-state index in [9.17, 15) is 15.1 Å². The Bertz CT molecular complexity index is 5670. The Labute approximate surface area is 545 Å². The van der Waals surface area contributed by atoms with Gasteiger partial charge in [-0.3, -0.25) is 0 Å². The van der Waals surface area contributed by atoms with Gasteiger partial charge in [-0.2, -0.15) is 0 Å². The molecule has 6 heteroatoms. The lowest BCUT2D eigenvalue weighted by Crippen LogP contribution is -2.64. The molecule has 0 atom stereocenters. The molecule has 13 aromatic rings. The molecule has 0 spiro atoms. The SMILES string of the molecule is [2H]c1c([2H])c([2H])c2c(c1[2H])B1c3cc4c5c(c3N(c3c(-c6ccccc6)cc(C(C)(C)C)cc3-c3ccccc3)c3cc(C(C)(C)C)cc(c31)N2c1c(-c2ccccc2)cc(C(C)(C)C)cc1-c1ccccc1)Oc1ccccc1B5c1c([2H])c([2H])c([2H])c2c3c([2H])c([2H])c([2H])c([2H])c3n-4c12. The highest BCUT2D eigenvalue weighted by molar-refractivity contribution is 7.02. The fraction of sp³-hybridized carbons (Fsp3) is 0.143. The third-order valence-corrected chi connectivity index (χ3v) is 19.1. The highest BCUT2D eigenvalue weighted by Crippen LogP contribution is 2.57. The van der Waals surface area contributed by atoms with E-state index in [2.05, 4.69) is 181 Å². The third-order valence-electron chi connectivity index (χ3n) is 19.1. The van der Waals surface area contributed by atoms with E-state index in [1.807, 2.05) is 78.9 Å². The number of hydrogen-bond donors (Lipinski definition) is 0. The number of rotatable bonds is 6. The summed E-state index contributed by atoms with van der Waals surface area (Å²) in [5, 5.41) is 0.162. The van der Waals surface area contributed by atoms with Crippen LogP contribution in [0, 0.1) is 0 Å². The van der Waals surface area contributed by atoms with Crippen molar-refractivity contribution in [1.29, 1.82) is 0 Å². The minimum atomic E-state index is -1.06. The number of anilines is 6. The van der Waals surface area contributed by atoms with Crippen LogP contribution < -0.4 is 47.3 Å². The number of fused-ring (bicyclic) bond motifs is 12. The van der Waals surface area contributed by atoms with Gasteiger partial charge in [-0.1, -0.05) is 256 Å². The van der Waals surface area contributed by atoms with Crippen LogP contribution in [-0.4, -0.2) is 18.0 Å². The zero-order valence-corrected chi connectivity index (χ0v) is 51.8. The maximum atomic E-state index is 10.8. The fourth-order valence-electron chi connectivity index (χ4n) is 14.7. The molecule has 4 nitrogen and oxygen atoms in total. The minimum absolute atomic E-state index is 0.0432. The van der Waals surface area contributed by atoms with Gasteiger partial charge in [-0.15, -0.1) is 0 Å². The number of ether oxygens (including phenoxy) is 1.